The molecule has 8 bridgehead atoms. The van der Waals surface area contributed by atoms with Crippen molar-refractivity contribution in [3.63, 3.8) is 0 Å². The number of hydrogen-bond acceptors (Lipinski definition) is 0. The lowest BCUT2D eigenvalue weighted by Gasteiger charge is -2.47. The first-order chi connectivity index (χ1) is 35.3. The molecular formula is C72H52. The van der Waals surface area contributed by atoms with E-state index in [1.54, 1.807) is 0 Å². The largest absolute Gasteiger partial charge is 0.0946 e. The van der Waals surface area contributed by atoms with Gasteiger partial charge in [0.25, 0.3) is 0 Å². The fourth-order valence-corrected chi connectivity index (χ4v) is 15.0. The second-order valence-corrected chi connectivity index (χ2v) is 21.3. The smallest absolute Gasteiger partial charge is 0.0349 e. The molecule has 0 aromatic heterocycles. The van der Waals surface area contributed by atoms with E-state index in [9.17, 15) is 0 Å². The van der Waals surface area contributed by atoms with Crippen molar-refractivity contribution in [3.8, 4) is 0 Å². The lowest BCUT2D eigenvalue weighted by atomic mass is 9.56. The van der Waals surface area contributed by atoms with Crippen LogP contribution in [0.4, 0.5) is 0 Å². The summed E-state index contributed by atoms with van der Waals surface area (Å²) in [6.45, 7) is 26.3. The molecule has 12 aliphatic carbocycles. The van der Waals surface area contributed by atoms with Crippen molar-refractivity contribution in [2.75, 3.05) is 0 Å². The van der Waals surface area contributed by atoms with Crippen molar-refractivity contribution in [1.82, 2.24) is 0 Å². The highest BCUT2D eigenvalue weighted by Gasteiger charge is 2.47. The third kappa shape index (κ3) is 5.42. The van der Waals surface area contributed by atoms with Crippen LogP contribution in [0.2, 0.25) is 0 Å². The Labute approximate surface area is 423 Å². The fraction of sp³-hybridized carbons (Fsp3) is 0.111. The maximum Gasteiger partial charge on any atom is 0.0349 e. The van der Waals surface area contributed by atoms with Gasteiger partial charge in [-0.25, -0.2) is 0 Å². The molecule has 0 saturated heterocycles. The van der Waals surface area contributed by atoms with E-state index in [4.69, 9.17) is 0 Å². The summed E-state index contributed by atoms with van der Waals surface area (Å²) in [7, 11) is 0. The monoisotopic (exact) mass is 916 g/mol. The fourth-order valence-electron chi connectivity index (χ4n) is 15.0. The van der Waals surface area contributed by atoms with Crippen LogP contribution in [-0.2, 0) is 0 Å². The molecule has 4 unspecified atom stereocenters. The number of hydrogen-bond donors (Lipinski definition) is 0. The lowest BCUT2D eigenvalue weighted by Crippen LogP contribution is -2.32. The highest BCUT2D eigenvalue weighted by atomic mass is 14.5. The van der Waals surface area contributed by atoms with Crippen LogP contribution in [0, 0.1) is 0 Å². The first kappa shape index (κ1) is 41.5. The Bertz CT molecular complexity index is 3650. The van der Waals surface area contributed by atoms with E-state index < -0.39 is 0 Å². The zero-order chi connectivity index (χ0) is 48.3. The zero-order valence-corrected chi connectivity index (χ0v) is 40.3. The van der Waals surface area contributed by atoms with Crippen LogP contribution in [0.25, 0.3) is 10.8 Å². The summed E-state index contributed by atoms with van der Waals surface area (Å²) in [6.07, 6.45) is 0. The van der Waals surface area contributed by atoms with Crippen LogP contribution in [0.3, 0.4) is 0 Å². The van der Waals surface area contributed by atoms with Gasteiger partial charge in [-0.2, -0.15) is 0 Å². The summed E-state index contributed by atoms with van der Waals surface area (Å²) in [6, 6.07) is 71.7. The number of fused-ring (bicyclic) bond motifs is 4. The molecule has 0 fully saturated rings. The number of rotatable bonds is 0. The highest BCUT2D eigenvalue weighted by Crippen LogP contribution is 2.63. The Morgan fingerprint density at radius 1 is 0.167 bits per heavy atom. The molecule has 340 valence electrons. The number of benzene rings is 9. The van der Waals surface area contributed by atoms with Gasteiger partial charge >= 0.3 is 0 Å². The van der Waals surface area contributed by atoms with Crippen molar-refractivity contribution in [3.05, 3.63) is 367 Å². The van der Waals surface area contributed by atoms with E-state index in [2.05, 4.69) is 234 Å². The first-order valence-corrected chi connectivity index (χ1v) is 25.7. The van der Waals surface area contributed by atoms with Gasteiger partial charge in [0, 0.05) is 47.3 Å². The average molecular weight is 917 g/mol. The van der Waals surface area contributed by atoms with Crippen LogP contribution in [-0.4, -0.2) is 0 Å². The summed E-state index contributed by atoms with van der Waals surface area (Å²) in [5.41, 5.74) is 33.1. The zero-order valence-electron chi connectivity index (χ0n) is 40.3. The molecule has 0 heterocycles. The lowest BCUT2D eigenvalue weighted by molar-refractivity contribution is 0.711. The topological polar surface area (TPSA) is 0 Å². The van der Waals surface area contributed by atoms with Gasteiger partial charge in [-0.3, -0.25) is 0 Å². The molecule has 0 saturated carbocycles. The van der Waals surface area contributed by atoms with E-state index in [0.29, 0.717) is 23.7 Å². The normalized spacial score (nSPS) is 23.7. The van der Waals surface area contributed by atoms with Crippen molar-refractivity contribution in [2.24, 2.45) is 0 Å². The first-order valence-electron chi connectivity index (χ1n) is 25.7. The Balaban J connectivity index is 0.000000101. The average Bonchev–Trinajstić information content (AvgIpc) is 3.42. The SMILES string of the molecule is C=C1C(=C)C2c3ccccc3C1c1cc3c(cc12)C1c2ccccc2C3c2ccccc21.C=C1C(=C)C2c3ccccc3C1c1cc3ccccc3cc12.C=C1C(=C)C2c3ccccc3C1c1ccccc12. The molecule has 9 aromatic carbocycles. The van der Waals surface area contributed by atoms with Crippen molar-refractivity contribution in [1.29, 1.82) is 0 Å². The van der Waals surface area contributed by atoms with Gasteiger partial charge in [0.05, 0.1) is 0 Å². The minimum absolute atomic E-state index is 0.231. The molecule has 72 heavy (non-hydrogen) atoms. The Morgan fingerprint density at radius 3 is 0.542 bits per heavy atom. The third-order valence-electron chi connectivity index (χ3n) is 18.1. The molecular weight excluding hydrogens is 865 g/mol. The van der Waals surface area contributed by atoms with Crippen molar-refractivity contribution < 1.29 is 0 Å². The molecule has 9 aromatic rings. The third-order valence-corrected chi connectivity index (χ3v) is 18.1. The van der Waals surface area contributed by atoms with Crippen LogP contribution >= 0.6 is 0 Å². The van der Waals surface area contributed by atoms with Gasteiger partial charge in [-0.05, 0) is 156 Å². The molecule has 0 amide bonds. The van der Waals surface area contributed by atoms with Gasteiger partial charge in [-0.1, -0.05) is 221 Å². The van der Waals surface area contributed by atoms with E-state index in [1.807, 2.05) is 0 Å². The molecule has 4 atom stereocenters. The molecule has 0 radical (unpaired) electrons. The van der Waals surface area contributed by atoms with Gasteiger partial charge in [0.2, 0.25) is 0 Å². The minimum Gasteiger partial charge on any atom is -0.0946 e. The second kappa shape index (κ2) is 15.1. The van der Waals surface area contributed by atoms with Crippen LogP contribution < -0.4 is 0 Å². The molecule has 0 nitrogen and oxygen atoms in total. The Hall–Kier alpha value is -8.32. The molecule has 0 N–H and O–H groups in total. The summed E-state index contributed by atoms with van der Waals surface area (Å²) >= 11 is 0. The van der Waals surface area contributed by atoms with Crippen LogP contribution in [0.5, 0.6) is 0 Å². The maximum absolute atomic E-state index is 4.51. The summed E-state index contributed by atoms with van der Waals surface area (Å²) < 4.78 is 0. The van der Waals surface area contributed by atoms with Crippen LogP contribution in [0.1, 0.15) is 147 Å². The van der Waals surface area contributed by atoms with E-state index in [-0.39, 0.29) is 23.7 Å². The van der Waals surface area contributed by atoms with Crippen molar-refractivity contribution >= 4 is 10.8 Å². The quantitative estimate of drug-likeness (QED) is 0.142. The predicted molar refractivity (Wildman–Crippen MR) is 297 cm³/mol. The second-order valence-electron chi connectivity index (χ2n) is 21.3. The number of allylic oxidation sites excluding steroid dienone is 6. The van der Waals surface area contributed by atoms with E-state index >= 15 is 0 Å². The predicted octanol–water partition coefficient (Wildman–Crippen LogP) is 17.3. The maximum atomic E-state index is 4.51. The van der Waals surface area contributed by atoms with Gasteiger partial charge in [0.1, 0.15) is 0 Å². The van der Waals surface area contributed by atoms with Gasteiger partial charge in [-0.15, -0.1) is 0 Å². The summed E-state index contributed by atoms with van der Waals surface area (Å²) in [5, 5.41) is 2.62. The van der Waals surface area contributed by atoms with E-state index in [0.717, 1.165) is 0 Å². The molecule has 12 aliphatic rings. The van der Waals surface area contributed by atoms with Gasteiger partial charge in [0.15, 0.2) is 0 Å². The van der Waals surface area contributed by atoms with Crippen molar-refractivity contribution in [2.45, 2.75) is 47.3 Å². The van der Waals surface area contributed by atoms with Gasteiger partial charge < -0.3 is 0 Å². The minimum atomic E-state index is 0.231. The summed E-state index contributed by atoms with van der Waals surface area (Å²) in [4.78, 5) is 0. The molecule has 21 rings (SSSR count). The Kier molecular flexibility index (Phi) is 8.69. The molecule has 0 heteroatoms. The summed E-state index contributed by atoms with van der Waals surface area (Å²) in [5.74, 6) is 2.27. The van der Waals surface area contributed by atoms with Crippen LogP contribution in [0.15, 0.2) is 267 Å². The standard InChI is InChI=1S/C32H22.C22H16.C18H14/c1-17-18(2)30-20-10-4-3-9-19(20)29(17)25-15-27-28(16-26(25)30)32-23-13-7-5-11-21(23)31(27)22-12-6-8-14-24(22)32;1-13-14(2)22-18-10-6-5-9-17(18)21(13)19-11-15-7-3-4-8-16(15)12-20(19)22;1-11-12(2)18-15-9-5-3-7-13(15)17(11)14-8-4-6-10-16(14)18/h3-16,29-32H,1-2H2;3-12,21-22H,1-2H2;3-10,17-18H,1-2H2. The van der Waals surface area contributed by atoms with E-state index in [1.165, 1.54) is 144 Å². The highest BCUT2D eigenvalue weighted by molar-refractivity contribution is 5.87. The molecule has 0 aliphatic heterocycles. The molecule has 0 spiro atoms. The Morgan fingerprint density at radius 2 is 0.319 bits per heavy atom.